The maximum Gasteiger partial charge on any atom is 0.407 e. The third kappa shape index (κ3) is 8.18. The fourth-order valence-electron chi connectivity index (χ4n) is 8.38. The number of aromatic nitrogens is 4. The molecule has 11 nitrogen and oxygen atoms in total. The van der Waals surface area contributed by atoms with Crippen LogP contribution >= 0.6 is 0 Å². The minimum absolute atomic E-state index is 0.00652. The second kappa shape index (κ2) is 16.7. The number of rotatable bonds is 9. The highest BCUT2D eigenvalue weighted by Gasteiger charge is 2.37. The molecule has 0 unspecified atom stereocenters. The number of aryl methyl sites for hydroxylation is 2. The van der Waals surface area contributed by atoms with Crippen molar-refractivity contribution in [1.29, 1.82) is 0 Å². The van der Waals surface area contributed by atoms with Crippen LogP contribution in [0.3, 0.4) is 0 Å². The first kappa shape index (κ1) is 39.3. The Kier molecular flexibility index (Phi) is 11.5. The molecule has 3 amide bonds. The molecule has 0 bridgehead atoms. The van der Waals surface area contributed by atoms with Crippen LogP contribution < -0.4 is 5.32 Å². The van der Waals surface area contributed by atoms with Gasteiger partial charge in [0.15, 0.2) is 0 Å². The average Bonchev–Trinajstić information content (AvgIpc) is 4.04. The number of aromatic amines is 2. The first-order valence-corrected chi connectivity index (χ1v) is 20.1. The van der Waals surface area contributed by atoms with Crippen molar-refractivity contribution in [1.82, 2.24) is 35.1 Å². The summed E-state index contributed by atoms with van der Waals surface area (Å²) in [7, 11) is 1.29. The molecule has 0 spiro atoms. The number of fused-ring (bicyclic) bond motifs is 1. The van der Waals surface area contributed by atoms with Crippen LogP contribution in [-0.4, -0.2) is 73.9 Å². The molecule has 57 heavy (non-hydrogen) atoms. The van der Waals surface area contributed by atoms with Crippen LogP contribution in [0.2, 0.25) is 0 Å². The van der Waals surface area contributed by atoms with Gasteiger partial charge in [-0.25, -0.2) is 14.8 Å². The van der Waals surface area contributed by atoms with E-state index in [-0.39, 0.29) is 29.8 Å². The van der Waals surface area contributed by atoms with Crippen LogP contribution in [0.25, 0.3) is 33.2 Å². The SMILES string of the molecule is COC(=O)N[C@H](C(=O)N1CCC[C@H]1c1ncc(C#Cc2ccc(-c3ccc(-c4cnc([C@@H]5CCCN5C(=O)CC(C)C)[nH]4)cc3)c3c(C)ccc(C)c23)[nH]1)C(C)C. The van der Waals surface area contributed by atoms with Crippen LogP contribution in [0.4, 0.5) is 4.79 Å². The molecule has 2 aliphatic heterocycles. The van der Waals surface area contributed by atoms with Crippen molar-refractivity contribution in [3.05, 3.63) is 95.0 Å². The zero-order valence-corrected chi connectivity index (χ0v) is 34.0. The molecule has 296 valence electrons. The van der Waals surface area contributed by atoms with Crippen molar-refractivity contribution in [2.75, 3.05) is 20.2 Å². The van der Waals surface area contributed by atoms with Gasteiger partial charge in [0.1, 0.15) is 23.4 Å². The van der Waals surface area contributed by atoms with Crippen molar-refractivity contribution in [3.63, 3.8) is 0 Å². The van der Waals surface area contributed by atoms with Crippen molar-refractivity contribution in [3.8, 4) is 34.2 Å². The van der Waals surface area contributed by atoms with Gasteiger partial charge < -0.3 is 29.8 Å². The molecule has 0 aliphatic carbocycles. The van der Waals surface area contributed by atoms with Crippen molar-refractivity contribution >= 4 is 28.7 Å². The first-order valence-electron chi connectivity index (χ1n) is 20.1. The summed E-state index contributed by atoms with van der Waals surface area (Å²) in [5.41, 5.74) is 8.11. The number of amides is 3. The topological polar surface area (TPSA) is 136 Å². The summed E-state index contributed by atoms with van der Waals surface area (Å²) in [6.07, 6.45) is 7.05. The smallest absolute Gasteiger partial charge is 0.407 e. The van der Waals surface area contributed by atoms with Gasteiger partial charge in [0.25, 0.3) is 0 Å². The van der Waals surface area contributed by atoms with E-state index in [2.05, 4.69) is 108 Å². The monoisotopic (exact) mass is 767 g/mol. The average molecular weight is 768 g/mol. The molecule has 2 aromatic heterocycles. The second-order valence-electron chi connectivity index (χ2n) is 16.2. The van der Waals surface area contributed by atoms with Crippen molar-refractivity contribution in [2.45, 2.75) is 91.8 Å². The molecular formula is C46H53N7O4. The number of hydrogen-bond acceptors (Lipinski definition) is 6. The molecule has 7 rings (SSSR count). The van der Waals surface area contributed by atoms with Crippen molar-refractivity contribution in [2.24, 2.45) is 11.8 Å². The van der Waals surface area contributed by atoms with Crippen LogP contribution in [-0.2, 0) is 14.3 Å². The summed E-state index contributed by atoms with van der Waals surface area (Å²) >= 11 is 0. The van der Waals surface area contributed by atoms with E-state index >= 15 is 0 Å². The van der Waals surface area contributed by atoms with Crippen LogP contribution in [0.5, 0.6) is 0 Å². The molecule has 3 atom stereocenters. The van der Waals surface area contributed by atoms with Gasteiger partial charge in [-0.2, -0.15) is 0 Å². The highest BCUT2D eigenvalue weighted by Crippen LogP contribution is 2.37. The lowest BCUT2D eigenvalue weighted by molar-refractivity contribution is -0.135. The zero-order chi connectivity index (χ0) is 40.4. The van der Waals surface area contributed by atoms with E-state index in [1.165, 1.54) is 12.7 Å². The Morgan fingerprint density at radius 3 is 2.12 bits per heavy atom. The number of nitrogens with zero attached hydrogens (tertiary/aromatic N) is 4. The standard InChI is InChI=1S/C46H53N7O4/c1-27(2)24-39(54)52-22-8-10-37(52)44-48-26-36(50-44)32-16-14-31(15-17-32)35-21-19-33(40-29(5)12-13-30(6)41(35)40)18-20-34-25-47-43(49-34)38-11-9-23-53(38)45(55)42(28(3)4)51-46(56)57-7/h12-17,19,21,25-28,37-38,42H,8-11,22-24H2,1-7H3,(H,47,49)(H,48,50)(H,51,56)/t37-,38-,42-/m0/s1. The Hall–Kier alpha value is -5.89. The Labute approximate surface area is 335 Å². The molecule has 2 fully saturated rings. The lowest BCUT2D eigenvalue weighted by Gasteiger charge is -2.29. The predicted octanol–water partition coefficient (Wildman–Crippen LogP) is 8.39. The molecule has 3 N–H and O–H groups in total. The Morgan fingerprint density at radius 2 is 1.44 bits per heavy atom. The molecule has 4 heterocycles. The number of hydrogen-bond donors (Lipinski definition) is 3. The highest BCUT2D eigenvalue weighted by molar-refractivity contribution is 6.03. The summed E-state index contributed by atoms with van der Waals surface area (Å²) in [4.78, 5) is 58.6. The molecule has 3 aromatic carbocycles. The minimum atomic E-state index is -0.695. The van der Waals surface area contributed by atoms with Gasteiger partial charge in [0, 0.05) is 30.5 Å². The van der Waals surface area contributed by atoms with E-state index in [1.54, 1.807) is 11.1 Å². The van der Waals surface area contributed by atoms with Gasteiger partial charge >= 0.3 is 6.09 Å². The number of alkyl carbamates (subject to hydrolysis) is 1. The second-order valence-corrected chi connectivity index (χ2v) is 16.2. The number of nitrogens with one attached hydrogen (secondary N) is 3. The highest BCUT2D eigenvalue weighted by atomic mass is 16.5. The molecule has 2 saturated heterocycles. The summed E-state index contributed by atoms with van der Waals surface area (Å²) < 4.78 is 4.77. The van der Waals surface area contributed by atoms with Gasteiger partial charge in [0.2, 0.25) is 11.8 Å². The molecule has 11 heteroatoms. The normalized spacial score (nSPS) is 17.3. The van der Waals surface area contributed by atoms with Gasteiger partial charge in [-0.05, 0) is 96.6 Å². The lowest BCUT2D eigenvalue weighted by atomic mass is 9.89. The van der Waals surface area contributed by atoms with Gasteiger partial charge in [0.05, 0.1) is 37.3 Å². The maximum atomic E-state index is 13.6. The first-order chi connectivity index (χ1) is 27.4. The van der Waals surface area contributed by atoms with E-state index in [0.29, 0.717) is 30.4 Å². The molecule has 0 radical (unpaired) electrons. The number of carbonyl (C=O) groups excluding carboxylic acids is 3. The largest absolute Gasteiger partial charge is 0.453 e. The quantitative estimate of drug-likeness (QED) is 0.129. The Bertz CT molecular complexity index is 2350. The van der Waals surface area contributed by atoms with Gasteiger partial charge in [-0.15, -0.1) is 0 Å². The van der Waals surface area contributed by atoms with Crippen LogP contribution in [0.15, 0.2) is 60.9 Å². The van der Waals surface area contributed by atoms with Crippen LogP contribution in [0.1, 0.15) is 106 Å². The van der Waals surface area contributed by atoms with Gasteiger partial charge in [-0.1, -0.05) is 76.1 Å². The summed E-state index contributed by atoms with van der Waals surface area (Å²) in [5, 5.41) is 4.98. The molecule has 2 aliphatic rings. The third-order valence-electron chi connectivity index (χ3n) is 11.3. The number of H-pyrrole nitrogens is 2. The molecule has 5 aromatic rings. The number of likely N-dealkylation sites (tertiary alicyclic amines) is 2. The lowest BCUT2D eigenvalue weighted by Crippen LogP contribution is -2.51. The maximum absolute atomic E-state index is 13.6. The number of benzene rings is 3. The Balaban J connectivity index is 1.12. The van der Waals surface area contributed by atoms with Crippen LogP contribution in [0, 0.1) is 37.5 Å². The zero-order valence-electron chi connectivity index (χ0n) is 34.0. The summed E-state index contributed by atoms with van der Waals surface area (Å²) in [5.74, 6) is 8.54. The summed E-state index contributed by atoms with van der Waals surface area (Å²) in [6.45, 7) is 13.6. The minimum Gasteiger partial charge on any atom is -0.453 e. The van der Waals surface area contributed by atoms with Gasteiger partial charge in [-0.3, -0.25) is 9.59 Å². The van der Waals surface area contributed by atoms with Crippen molar-refractivity contribution < 1.29 is 19.1 Å². The third-order valence-corrected chi connectivity index (χ3v) is 11.3. The number of carbonyl (C=O) groups is 3. The number of methoxy groups -OCH3 is 1. The fourth-order valence-corrected chi connectivity index (χ4v) is 8.38. The van der Waals surface area contributed by atoms with E-state index in [0.717, 1.165) is 82.3 Å². The van der Waals surface area contributed by atoms with E-state index in [1.807, 2.05) is 24.9 Å². The summed E-state index contributed by atoms with van der Waals surface area (Å²) in [6, 6.07) is 16.2. The predicted molar refractivity (Wildman–Crippen MR) is 222 cm³/mol. The van der Waals surface area contributed by atoms with E-state index in [4.69, 9.17) is 9.72 Å². The molecular weight excluding hydrogens is 715 g/mol. The number of ether oxygens (including phenoxy) is 1. The van der Waals surface area contributed by atoms with E-state index < -0.39 is 12.1 Å². The van der Waals surface area contributed by atoms with E-state index in [9.17, 15) is 14.4 Å². The number of imidazole rings is 2. The fraction of sp³-hybridized carbons (Fsp3) is 0.413. The molecule has 0 saturated carbocycles. The Morgan fingerprint density at radius 1 is 0.807 bits per heavy atom.